The van der Waals surface area contributed by atoms with E-state index >= 15 is 0 Å². The van der Waals surface area contributed by atoms with Gasteiger partial charge in [0.15, 0.2) is 12.6 Å². The Kier molecular flexibility index (Phi) is 55.4. The summed E-state index contributed by atoms with van der Waals surface area (Å²) < 4.78 is 35.0. The first-order valence-corrected chi connectivity index (χ1v) is 42.0. The van der Waals surface area contributed by atoms with E-state index in [4.69, 9.17) is 28.4 Å². The largest absolute Gasteiger partial charge is 0.477 e. The molecule has 0 radical (unpaired) electrons. The van der Waals surface area contributed by atoms with E-state index in [0.29, 0.717) is 19.3 Å². The summed E-state index contributed by atoms with van der Waals surface area (Å²) in [5.74, 6) is -6.09. The molecule has 3 fully saturated rings. The Morgan fingerprint density at radius 2 is 0.894 bits per heavy atom. The van der Waals surface area contributed by atoms with Crippen LogP contribution in [0.5, 0.6) is 0 Å². The van der Waals surface area contributed by atoms with Gasteiger partial charge in [-0.25, -0.2) is 4.79 Å². The van der Waals surface area contributed by atoms with Gasteiger partial charge in [0.2, 0.25) is 11.8 Å². The Balaban J connectivity index is 1.50. The molecule has 2 amide bonds. The molecule has 3 rings (SSSR count). The molecular weight excluding hydrogens is 1340 g/mol. The zero-order chi connectivity index (χ0) is 76.0. The third-order valence-electron chi connectivity index (χ3n) is 21.5. The fraction of sp³-hybridized carbons (Fsp3) is 0.938. The summed E-state index contributed by atoms with van der Waals surface area (Å²) in [6.07, 6.45) is 36.3. The van der Waals surface area contributed by atoms with Crippen LogP contribution in [0.4, 0.5) is 0 Å². The molecule has 23 nitrogen and oxygen atoms in total. The van der Waals surface area contributed by atoms with Gasteiger partial charge in [0, 0.05) is 19.8 Å². The monoisotopic (exact) mass is 1490 g/mol. The molecule has 612 valence electrons. The molecule has 14 N–H and O–H groups in total. The number of hydrogen-bond acceptors (Lipinski definition) is 20. The molecule has 0 spiro atoms. The number of aliphatic carboxylic acids is 1. The third kappa shape index (κ3) is 39.9. The number of ether oxygens (including phenoxy) is 6. The van der Waals surface area contributed by atoms with Crippen LogP contribution < -0.4 is 10.6 Å². The molecule has 0 aromatic carbocycles. The SMILES string of the molecule is CCCCCCCCCCCCCC/C=C\CCCCCCCCCCCC(=O)NC(COC1OC(CO)C(OC2OC(CO)C(O)C(OC3(C(=O)O)CC(O)C(NC(C)=O)C(C(O)C(O)CO)O3)C2O)C(O)C1O)C(O)CCCCCCCCCCCCCCCCCCCCCCCCCCC. The number of nitrogens with one attached hydrogen (secondary N) is 2. The van der Waals surface area contributed by atoms with Crippen LogP contribution in [-0.2, 0) is 42.8 Å². The molecular formula is C81H152N2O21. The molecule has 0 aromatic rings. The number of rotatable bonds is 67. The van der Waals surface area contributed by atoms with Gasteiger partial charge in [-0.2, -0.15) is 0 Å². The maximum atomic E-state index is 13.6. The van der Waals surface area contributed by atoms with E-state index < -0.39 is 148 Å². The average Bonchev–Trinajstić information content (AvgIpc) is 0.756. The molecule has 3 saturated heterocycles. The number of amides is 2. The van der Waals surface area contributed by atoms with Gasteiger partial charge in [-0.15, -0.1) is 0 Å². The van der Waals surface area contributed by atoms with Crippen molar-refractivity contribution in [2.75, 3.05) is 26.4 Å². The Morgan fingerprint density at radius 1 is 0.490 bits per heavy atom. The van der Waals surface area contributed by atoms with Gasteiger partial charge in [0.05, 0.1) is 50.7 Å². The lowest BCUT2D eigenvalue weighted by Crippen LogP contribution is -2.70. The molecule has 3 aliphatic rings. The van der Waals surface area contributed by atoms with Gasteiger partial charge in [0.1, 0.15) is 67.1 Å². The lowest BCUT2D eigenvalue weighted by Gasteiger charge is -2.50. The lowest BCUT2D eigenvalue weighted by atomic mass is 9.88. The number of aliphatic hydroxyl groups excluding tert-OH is 11. The Morgan fingerprint density at radius 3 is 1.30 bits per heavy atom. The summed E-state index contributed by atoms with van der Waals surface area (Å²) in [5, 5.41) is 137. The lowest BCUT2D eigenvalue weighted by molar-refractivity contribution is -0.386. The topological polar surface area (TPSA) is 373 Å². The maximum absolute atomic E-state index is 13.6. The predicted octanol–water partition coefficient (Wildman–Crippen LogP) is 11.7. The van der Waals surface area contributed by atoms with Crippen molar-refractivity contribution in [1.82, 2.24) is 10.6 Å². The third-order valence-corrected chi connectivity index (χ3v) is 21.5. The minimum atomic E-state index is -3.08. The minimum Gasteiger partial charge on any atom is -0.477 e. The molecule has 18 atom stereocenters. The maximum Gasteiger partial charge on any atom is 0.364 e. The Bertz CT molecular complexity index is 2120. The molecule has 104 heavy (non-hydrogen) atoms. The zero-order valence-corrected chi connectivity index (χ0v) is 64.9. The number of carboxylic acid groups (broad SMARTS) is 1. The van der Waals surface area contributed by atoms with Crippen LogP contribution >= 0.6 is 0 Å². The van der Waals surface area contributed by atoms with E-state index in [0.717, 1.165) is 64.7 Å². The van der Waals surface area contributed by atoms with E-state index in [1.807, 2.05) is 0 Å². The number of unbranched alkanes of at least 4 members (excludes halogenated alkanes) is 45. The van der Waals surface area contributed by atoms with Gasteiger partial charge in [-0.05, 0) is 38.5 Å². The first-order valence-electron chi connectivity index (χ1n) is 42.0. The van der Waals surface area contributed by atoms with Crippen molar-refractivity contribution in [1.29, 1.82) is 0 Å². The van der Waals surface area contributed by atoms with Crippen molar-refractivity contribution in [2.45, 2.75) is 458 Å². The van der Waals surface area contributed by atoms with Crippen LogP contribution in [0.3, 0.4) is 0 Å². The Hall–Kier alpha value is -2.53. The number of aliphatic hydroxyl groups is 11. The highest BCUT2D eigenvalue weighted by atomic mass is 16.8. The van der Waals surface area contributed by atoms with Crippen LogP contribution in [0.15, 0.2) is 12.2 Å². The number of carbonyl (C=O) groups excluding carboxylic acids is 2. The van der Waals surface area contributed by atoms with Crippen molar-refractivity contribution in [3.05, 3.63) is 12.2 Å². The smallest absolute Gasteiger partial charge is 0.364 e. The van der Waals surface area contributed by atoms with Gasteiger partial charge < -0.3 is 100 Å². The van der Waals surface area contributed by atoms with Crippen LogP contribution in [0.25, 0.3) is 0 Å². The summed E-state index contributed by atoms with van der Waals surface area (Å²) in [6, 6.07) is -2.53. The fourth-order valence-electron chi connectivity index (χ4n) is 14.8. The predicted molar refractivity (Wildman–Crippen MR) is 403 cm³/mol. The molecule has 3 heterocycles. The quantitative estimate of drug-likeness (QED) is 0.0199. The number of carboxylic acids is 1. The summed E-state index contributed by atoms with van der Waals surface area (Å²) in [6.45, 7) is 2.27. The standard InChI is InChI=1S/C81H152N2O21/c1-4-6-8-10-12-14-16-18-20-22-24-26-28-30-32-34-36-38-40-42-44-46-48-50-52-54-63(88)62(83-68(91)55-53-51-49-47-45-43-41-39-37-35-33-31-29-27-25-23-21-19-17-15-13-11-9-7-5-2)60-99-78-73(95)72(94)75(67(59-86)101-78)102-79-74(96)77(71(93)66(58-85)100-79)104-81(80(97)98)56-64(89)69(82-61(3)87)76(103-81)70(92)65(90)57-84/h31,33,62-67,69-79,84-86,88-90,92-96H,4-30,32,34-60H2,1-3H3,(H,82,87)(H,83,91)(H,97,98)/b33-31-. The van der Waals surface area contributed by atoms with Gasteiger partial charge in [0.25, 0.3) is 5.79 Å². The van der Waals surface area contributed by atoms with E-state index in [-0.39, 0.29) is 18.9 Å². The fourth-order valence-corrected chi connectivity index (χ4v) is 14.8. The van der Waals surface area contributed by atoms with Crippen molar-refractivity contribution < 1.29 is 104 Å². The Labute approximate surface area is 626 Å². The van der Waals surface area contributed by atoms with Crippen LogP contribution in [0.2, 0.25) is 0 Å². The van der Waals surface area contributed by atoms with Crippen molar-refractivity contribution in [3.63, 3.8) is 0 Å². The summed E-state index contributed by atoms with van der Waals surface area (Å²) in [4.78, 5) is 38.7. The van der Waals surface area contributed by atoms with Crippen LogP contribution in [0, 0.1) is 0 Å². The highest BCUT2D eigenvalue weighted by Gasteiger charge is 2.60. The first kappa shape index (κ1) is 95.7. The average molecular weight is 1490 g/mol. The van der Waals surface area contributed by atoms with Gasteiger partial charge >= 0.3 is 5.97 Å². The van der Waals surface area contributed by atoms with E-state index in [1.54, 1.807) is 0 Å². The van der Waals surface area contributed by atoms with Crippen molar-refractivity contribution in [3.8, 4) is 0 Å². The summed E-state index contributed by atoms with van der Waals surface area (Å²) in [7, 11) is 0. The van der Waals surface area contributed by atoms with Crippen LogP contribution in [0.1, 0.15) is 348 Å². The molecule has 0 aromatic heterocycles. The number of allylic oxidation sites excluding steroid dienone is 2. The molecule has 0 aliphatic carbocycles. The second kappa shape index (κ2) is 60.2. The van der Waals surface area contributed by atoms with Gasteiger partial charge in [-0.1, -0.05) is 302 Å². The van der Waals surface area contributed by atoms with Crippen molar-refractivity contribution in [2.24, 2.45) is 0 Å². The first-order chi connectivity index (χ1) is 50.4. The minimum absolute atomic E-state index is 0.224. The van der Waals surface area contributed by atoms with Gasteiger partial charge in [-0.3, -0.25) is 9.59 Å². The molecule has 0 bridgehead atoms. The second-order valence-electron chi connectivity index (χ2n) is 30.7. The normalized spacial score (nSPS) is 26.4. The molecule has 18 unspecified atom stereocenters. The number of hydrogen-bond donors (Lipinski definition) is 14. The number of carbonyl (C=O) groups is 3. The highest BCUT2D eigenvalue weighted by molar-refractivity contribution is 5.77. The summed E-state index contributed by atoms with van der Waals surface area (Å²) >= 11 is 0. The molecule has 0 saturated carbocycles. The van der Waals surface area contributed by atoms with E-state index in [1.165, 1.54) is 238 Å². The second-order valence-corrected chi connectivity index (χ2v) is 30.7. The highest BCUT2D eigenvalue weighted by Crippen LogP contribution is 2.39. The molecule has 3 aliphatic heterocycles. The summed E-state index contributed by atoms with van der Waals surface area (Å²) in [5.41, 5.74) is 0. The van der Waals surface area contributed by atoms with E-state index in [9.17, 15) is 75.7 Å². The van der Waals surface area contributed by atoms with E-state index in [2.05, 4.69) is 36.6 Å². The van der Waals surface area contributed by atoms with Crippen molar-refractivity contribution >= 4 is 17.8 Å². The zero-order valence-electron chi connectivity index (χ0n) is 64.9. The van der Waals surface area contributed by atoms with Crippen LogP contribution in [-0.4, -0.2) is 215 Å². The molecule has 23 heteroatoms.